The highest BCUT2D eigenvalue weighted by Gasteiger charge is 2.30. The summed E-state index contributed by atoms with van der Waals surface area (Å²) in [6, 6.07) is 5.56. The van der Waals surface area contributed by atoms with Gasteiger partial charge in [-0.05, 0) is 36.6 Å². The first-order valence-corrected chi connectivity index (χ1v) is 9.47. The normalized spacial score (nSPS) is 13.9. The summed E-state index contributed by atoms with van der Waals surface area (Å²) in [5.74, 6) is -0.642. The first-order valence-electron chi connectivity index (χ1n) is 8.02. The van der Waals surface area contributed by atoms with Crippen LogP contribution in [0.5, 0.6) is 0 Å². The number of benzene rings is 1. The van der Waals surface area contributed by atoms with Gasteiger partial charge >= 0.3 is 3.93 Å². The summed E-state index contributed by atoms with van der Waals surface area (Å²) in [5.41, 5.74) is 0.212. The van der Waals surface area contributed by atoms with Gasteiger partial charge in [-0.15, -0.1) is 0 Å². The van der Waals surface area contributed by atoms with Crippen LogP contribution in [0.3, 0.4) is 0 Å². The zero-order valence-electron chi connectivity index (χ0n) is 13.8. The largest absolute Gasteiger partial charge is 0.347 e. The van der Waals surface area contributed by atoms with E-state index >= 15 is 0 Å². The maximum atomic E-state index is 13.5. The third-order valence-corrected chi connectivity index (χ3v) is 4.77. The lowest BCUT2D eigenvalue weighted by molar-refractivity contribution is -0.117. The molecule has 1 aliphatic carbocycles. The fourth-order valence-electron chi connectivity index (χ4n) is 2.28. The summed E-state index contributed by atoms with van der Waals surface area (Å²) in [4.78, 5) is 31.9. The highest BCUT2D eigenvalue weighted by molar-refractivity contribution is 14.1. The fraction of sp³-hybridized carbons (Fsp3) is 0.294. The van der Waals surface area contributed by atoms with Gasteiger partial charge in [-0.1, -0.05) is 17.7 Å². The summed E-state index contributed by atoms with van der Waals surface area (Å²) >= 11 is 6.80. The molecule has 10 heteroatoms. The highest BCUT2D eigenvalue weighted by Crippen LogP contribution is 2.39. The number of anilines is 1. The number of halogens is 4. The van der Waals surface area contributed by atoms with Crippen molar-refractivity contribution in [3.63, 3.8) is 0 Å². The van der Waals surface area contributed by atoms with Gasteiger partial charge in [0.05, 0.1) is 5.02 Å². The summed E-state index contributed by atoms with van der Waals surface area (Å²) in [6.45, 7) is 0.0174. The van der Waals surface area contributed by atoms with Gasteiger partial charge in [0.15, 0.2) is 0 Å². The number of amides is 2. The number of hydrogen-bond donors (Lipinski definition) is 2. The second kappa shape index (κ2) is 8.01. The molecule has 0 saturated heterocycles. The molecule has 2 aromatic rings. The average molecular weight is 507 g/mol. The third-order valence-electron chi connectivity index (χ3n) is 3.86. The molecule has 0 bridgehead atoms. The predicted octanol–water partition coefficient (Wildman–Crippen LogP) is 3.89. The van der Waals surface area contributed by atoms with Crippen LogP contribution in [0, 0.1) is 5.92 Å². The maximum Gasteiger partial charge on any atom is 0.323 e. The van der Waals surface area contributed by atoms with Crippen LogP contribution >= 0.6 is 34.2 Å². The fourth-order valence-corrected chi connectivity index (χ4v) is 3.12. The maximum absolute atomic E-state index is 13.5. The lowest BCUT2D eigenvalue weighted by atomic mass is 10.1. The van der Waals surface area contributed by atoms with E-state index in [1.54, 1.807) is 6.07 Å². The molecule has 0 radical (unpaired) electrons. The van der Waals surface area contributed by atoms with E-state index in [-0.39, 0.29) is 40.6 Å². The van der Waals surface area contributed by atoms with Crippen LogP contribution < -0.4 is 10.6 Å². The molecule has 2 N–H and O–H groups in total. The zero-order chi connectivity index (χ0) is 19.6. The molecular weight excluding hydrogens is 493 g/mol. The summed E-state index contributed by atoms with van der Waals surface area (Å²) in [7, 11) is 0. The van der Waals surface area contributed by atoms with E-state index in [0.29, 0.717) is 5.56 Å². The molecule has 6 nitrogen and oxygen atoms in total. The van der Waals surface area contributed by atoms with Crippen molar-refractivity contribution in [2.24, 2.45) is 5.92 Å². The van der Waals surface area contributed by atoms with Gasteiger partial charge in [-0.3, -0.25) is 14.9 Å². The number of aromatic nitrogens is 2. The summed E-state index contributed by atoms with van der Waals surface area (Å²) in [5, 5.41) is 5.11. The quantitative estimate of drug-likeness (QED) is 0.460. The van der Waals surface area contributed by atoms with Gasteiger partial charge < -0.3 is 5.32 Å². The van der Waals surface area contributed by atoms with E-state index in [1.165, 1.54) is 24.4 Å². The van der Waals surface area contributed by atoms with Gasteiger partial charge in [0, 0.05) is 46.8 Å². The van der Waals surface area contributed by atoms with Crippen molar-refractivity contribution in [3.05, 3.63) is 52.3 Å². The van der Waals surface area contributed by atoms with Crippen molar-refractivity contribution in [3.8, 4) is 0 Å². The Morgan fingerprint density at radius 3 is 2.70 bits per heavy atom. The van der Waals surface area contributed by atoms with Gasteiger partial charge in [-0.2, -0.15) is 8.78 Å². The van der Waals surface area contributed by atoms with Gasteiger partial charge in [0.1, 0.15) is 5.69 Å². The van der Waals surface area contributed by atoms with Crippen molar-refractivity contribution in [2.45, 2.75) is 23.3 Å². The second-order valence-corrected chi connectivity index (χ2v) is 7.79. The van der Waals surface area contributed by atoms with Crippen LogP contribution in [-0.4, -0.2) is 21.8 Å². The molecule has 3 rings (SSSR count). The molecule has 0 unspecified atom stereocenters. The van der Waals surface area contributed by atoms with Crippen LogP contribution in [0.15, 0.2) is 30.5 Å². The Morgan fingerprint density at radius 1 is 1.30 bits per heavy atom. The van der Waals surface area contributed by atoms with Crippen molar-refractivity contribution in [1.82, 2.24) is 15.3 Å². The Bertz CT molecular complexity index is 887. The topological polar surface area (TPSA) is 84.0 Å². The van der Waals surface area contributed by atoms with Crippen LogP contribution in [0.4, 0.5) is 14.7 Å². The van der Waals surface area contributed by atoms with Crippen molar-refractivity contribution in [1.29, 1.82) is 0 Å². The minimum absolute atomic E-state index is 0.0128. The molecule has 1 aliphatic rings. The van der Waals surface area contributed by atoms with Crippen LogP contribution in [-0.2, 0) is 15.3 Å². The average Bonchev–Trinajstić information content (AvgIpc) is 3.45. The Balaban J connectivity index is 1.65. The summed E-state index contributed by atoms with van der Waals surface area (Å²) < 4.78 is 23.9. The number of carbonyl (C=O) groups excluding carboxylic acids is 2. The first-order chi connectivity index (χ1) is 12.7. The molecule has 1 aromatic heterocycles. The first kappa shape index (κ1) is 19.9. The molecule has 2 amide bonds. The number of alkyl halides is 3. The van der Waals surface area contributed by atoms with E-state index in [9.17, 15) is 18.4 Å². The lowest BCUT2D eigenvalue weighted by Crippen LogP contribution is -2.25. The number of carbonyl (C=O) groups is 2. The van der Waals surface area contributed by atoms with Crippen LogP contribution in [0.25, 0.3) is 0 Å². The Morgan fingerprint density at radius 2 is 2.04 bits per heavy atom. The van der Waals surface area contributed by atoms with Gasteiger partial charge in [0.2, 0.25) is 11.9 Å². The number of nitrogens with one attached hydrogen (secondary N) is 2. The van der Waals surface area contributed by atoms with Gasteiger partial charge in [0.25, 0.3) is 5.91 Å². The molecular formula is C17H14ClF2IN4O2. The molecule has 0 aliphatic heterocycles. The smallest absolute Gasteiger partial charge is 0.323 e. The lowest BCUT2D eigenvalue weighted by Gasteiger charge is -2.13. The van der Waals surface area contributed by atoms with Gasteiger partial charge in [-0.25, -0.2) is 9.97 Å². The minimum atomic E-state index is -3.11. The van der Waals surface area contributed by atoms with E-state index in [0.717, 1.165) is 35.4 Å². The van der Waals surface area contributed by atoms with E-state index in [4.69, 9.17) is 11.6 Å². The van der Waals surface area contributed by atoms with Crippen LogP contribution in [0.1, 0.15) is 34.5 Å². The molecule has 0 spiro atoms. The van der Waals surface area contributed by atoms with Crippen molar-refractivity contribution < 1.29 is 18.4 Å². The molecule has 1 heterocycles. The predicted molar refractivity (Wildman–Crippen MR) is 104 cm³/mol. The molecule has 0 atom stereocenters. The minimum Gasteiger partial charge on any atom is -0.347 e. The number of nitrogens with zero attached hydrogens (tertiary/aromatic N) is 2. The van der Waals surface area contributed by atoms with E-state index in [1.807, 2.05) is 0 Å². The summed E-state index contributed by atoms with van der Waals surface area (Å²) in [6.07, 6.45) is 3.04. The van der Waals surface area contributed by atoms with Crippen molar-refractivity contribution >= 4 is 52.0 Å². The monoisotopic (exact) mass is 506 g/mol. The molecule has 27 heavy (non-hydrogen) atoms. The number of rotatable bonds is 6. The van der Waals surface area contributed by atoms with E-state index < -0.39 is 9.84 Å². The number of hydrogen-bond acceptors (Lipinski definition) is 4. The molecule has 1 saturated carbocycles. The third kappa shape index (κ3) is 5.32. The van der Waals surface area contributed by atoms with Crippen molar-refractivity contribution in [2.75, 3.05) is 5.32 Å². The standard InChI is InChI=1S/C17H14ClF2IN4O2/c18-12-4-1-9(7-11(12)17(19,20)21)8-23-15(27)13-5-6-22-16(24-13)25-14(26)10-2-3-10/h1,4-7,10H,2-3,8H2,(H,23,27)(H,22,24,25,26). The SMILES string of the molecule is O=C(NCc1ccc(Cl)c(C(F)(F)I)c1)c1ccnc(NC(=O)C2CC2)n1. The second-order valence-electron chi connectivity index (χ2n) is 6.02. The van der Waals surface area contributed by atoms with Crippen LogP contribution in [0.2, 0.25) is 5.02 Å². The van der Waals surface area contributed by atoms with E-state index in [2.05, 4.69) is 20.6 Å². The zero-order valence-corrected chi connectivity index (χ0v) is 16.7. The molecule has 1 aromatic carbocycles. The Labute approximate surface area is 172 Å². The molecule has 142 valence electrons. The molecule has 1 fully saturated rings. The Kier molecular flexibility index (Phi) is 5.89. The Hall–Kier alpha value is -1.88. The highest BCUT2D eigenvalue weighted by atomic mass is 127.